The van der Waals surface area contributed by atoms with E-state index in [1.165, 1.54) is 19.2 Å². The van der Waals surface area contributed by atoms with E-state index in [9.17, 15) is 8.42 Å². The molecule has 6 heteroatoms. The zero-order valence-electron chi connectivity index (χ0n) is 10.1. The number of ether oxygens (including phenoxy) is 1. The lowest BCUT2D eigenvalue weighted by Crippen LogP contribution is -2.31. The first-order valence-electron chi connectivity index (χ1n) is 5.44. The first kappa shape index (κ1) is 14.0. The quantitative estimate of drug-likeness (QED) is 0.702. The predicted octanol–water partition coefficient (Wildman–Crippen LogP) is 0.583. The SMILES string of the molecule is CCNCCNS(=O)(=O)c1ccc(OC)cc1. The predicted molar refractivity (Wildman–Crippen MR) is 66.7 cm³/mol. The fourth-order valence-corrected chi connectivity index (χ4v) is 2.32. The van der Waals surface area contributed by atoms with E-state index < -0.39 is 10.0 Å². The van der Waals surface area contributed by atoms with Gasteiger partial charge in [-0.15, -0.1) is 0 Å². The lowest BCUT2D eigenvalue weighted by Gasteiger charge is -2.07. The molecule has 0 fully saturated rings. The lowest BCUT2D eigenvalue weighted by atomic mass is 10.3. The van der Waals surface area contributed by atoms with Crippen LogP contribution in [0.4, 0.5) is 0 Å². The van der Waals surface area contributed by atoms with Gasteiger partial charge in [0.15, 0.2) is 0 Å². The van der Waals surface area contributed by atoms with Crippen LogP contribution in [-0.2, 0) is 10.0 Å². The normalized spacial score (nSPS) is 11.4. The maximum atomic E-state index is 11.8. The smallest absolute Gasteiger partial charge is 0.240 e. The first-order chi connectivity index (χ1) is 8.10. The second-order valence-corrected chi connectivity index (χ2v) is 5.19. The number of sulfonamides is 1. The highest BCUT2D eigenvalue weighted by Gasteiger charge is 2.12. The first-order valence-corrected chi connectivity index (χ1v) is 6.93. The minimum Gasteiger partial charge on any atom is -0.497 e. The van der Waals surface area contributed by atoms with Crippen LogP contribution in [0.5, 0.6) is 5.75 Å². The van der Waals surface area contributed by atoms with Gasteiger partial charge in [-0.25, -0.2) is 13.1 Å². The molecular weight excluding hydrogens is 240 g/mol. The third kappa shape index (κ3) is 4.33. The molecule has 0 bridgehead atoms. The van der Waals surface area contributed by atoms with Crippen LogP contribution in [0.25, 0.3) is 0 Å². The molecule has 0 aromatic heterocycles. The van der Waals surface area contributed by atoms with Crippen molar-refractivity contribution in [2.45, 2.75) is 11.8 Å². The molecular formula is C11H18N2O3S. The Morgan fingerprint density at radius 3 is 2.35 bits per heavy atom. The molecule has 5 nitrogen and oxygen atoms in total. The maximum absolute atomic E-state index is 11.8. The van der Waals surface area contributed by atoms with Crippen molar-refractivity contribution in [3.05, 3.63) is 24.3 Å². The number of rotatable bonds is 7. The van der Waals surface area contributed by atoms with Crippen LogP contribution in [0.3, 0.4) is 0 Å². The molecule has 1 aromatic carbocycles. The monoisotopic (exact) mass is 258 g/mol. The summed E-state index contributed by atoms with van der Waals surface area (Å²) in [5.74, 6) is 0.636. The van der Waals surface area contributed by atoms with E-state index in [1.54, 1.807) is 12.1 Å². The Labute approximate surface area is 102 Å². The van der Waals surface area contributed by atoms with Crippen molar-refractivity contribution in [2.24, 2.45) is 0 Å². The van der Waals surface area contributed by atoms with Gasteiger partial charge in [-0.05, 0) is 30.8 Å². The van der Waals surface area contributed by atoms with Crippen molar-refractivity contribution in [3.8, 4) is 5.75 Å². The Kier molecular flexibility index (Phi) is 5.40. The van der Waals surface area contributed by atoms with Gasteiger partial charge < -0.3 is 10.1 Å². The van der Waals surface area contributed by atoms with Gasteiger partial charge in [0.25, 0.3) is 0 Å². The third-order valence-electron chi connectivity index (χ3n) is 2.21. The number of likely N-dealkylation sites (N-methyl/N-ethyl adjacent to an activating group) is 1. The summed E-state index contributed by atoms with van der Waals surface area (Å²) in [6.07, 6.45) is 0. The van der Waals surface area contributed by atoms with Gasteiger partial charge in [0.05, 0.1) is 12.0 Å². The summed E-state index contributed by atoms with van der Waals surface area (Å²) in [4.78, 5) is 0.245. The van der Waals surface area contributed by atoms with E-state index >= 15 is 0 Å². The standard InChI is InChI=1S/C11H18N2O3S/c1-3-12-8-9-13-17(14,15)11-6-4-10(16-2)5-7-11/h4-7,12-13H,3,8-9H2,1-2H3. The molecule has 17 heavy (non-hydrogen) atoms. The Bertz CT molecular complexity index is 429. The van der Waals surface area contributed by atoms with E-state index in [-0.39, 0.29) is 4.90 Å². The summed E-state index contributed by atoms with van der Waals surface area (Å²) in [5, 5.41) is 3.04. The minimum atomic E-state index is -3.41. The van der Waals surface area contributed by atoms with Gasteiger partial charge in [-0.1, -0.05) is 6.92 Å². The van der Waals surface area contributed by atoms with E-state index in [1.807, 2.05) is 6.92 Å². The molecule has 0 atom stereocenters. The lowest BCUT2D eigenvalue weighted by molar-refractivity contribution is 0.414. The van der Waals surface area contributed by atoms with Crippen LogP contribution in [0.2, 0.25) is 0 Å². The highest BCUT2D eigenvalue weighted by Crippen LogP contribution is 2.14. The van der Waals surface area contributed by atoms with Crippen molar-refractivity contribution in [1.82, 2.24) is 10.0 Å². The molecule has 0 saturated carbocycles. The van der Waals surface area contributed by atoms with Crippen LogP contribution in [0.15, 0.2) is 29.2 Å². The topological polar surface area (TPSA) is 67.4 Å². The summed E-state index contributed by atoms with van der Waals surface area (Å²) in [6.45, 7) is 3.79. The molecule has 1 rings (SSSR count). The van der Waals surface area contributed by atoms with Crippen molar-refractivity contribution in [1.29, 1.82) is 0 Å². The number of methoxy groups -OCH3 is 1. The van der Waals surface area contributed by atoms with E-state index in [0.717, 1.165) is 6.54 Å². The molecule has 0 aliphatic heterocycles. The fraction of sp³-hybridized carbons (Fsp3) is 0.455. The van der Waals surface area contributed by atoms with Crippen molar-refractivity contribution < 1.29 is 13.2 Å². The zero-order chi connectivity index (χ0) is 12.7. The number of nitrogens with one attached hydrogen (secondary N) is 2. The van der Waals surface area contributed by atoms with Gasteiger partial charge >= 0.3 is 0 Å². The van der Waals surface area contributed by atoms with Crippen molar-refractivity contribution >= 4 is 10.0 Å². The molecule has 0 spiro atoms. The Balaban J connectivity index is 2.62. The van der Waals surface area contributed by atoms with Crippen molar-refractivity contribution in [3.63, 3.8) is 0 Å². The molecule has 1 aromatic rings. The molecule has 0 saturated heterocycles. The summed E-state index contributed by atoms with van der Waals surface area (Å²) >= 11 is 0. The minimum absolute atomic E-state index is 0.245. The second-order valence-electron chi connectivity index (χ2n) is 3.43. The molecule has 0 unspecified atom stereocenters. The number of hydrogen-bond acceptors (Lipinski definition) is 4. The Morgan fingerprint density at radius 1 is 1.18 bits per heavy atom. The van der Waals surface area contributed by atoms with Gasteiger partial charge in [0.1, 0.15) is 5.75 Å². The zero-order valence-corrected chi connectivity index (χ0v) is 10.9. The van der Waals surface area contributed by atoms with Gasteiger partial charge in [0.2, 0.25) is 10.0 Å². The molecule has 2 N–H and O–H groups in total. The molecule has 0 amide bonds. The highest BCUT2D eigenvalue weighted by molar-refractivity contribution is 7.89. The summed E-state index contributed by atoms with van der Waals surface area (Å²) < 4.78 is 31.1. The molecule has 0 heterocycles. The second kappa shape index (κ2) is 6.58. The van der Waals surface area contributed by atoms with E-state index in [4.69, 9.17) is 4.74 Å². The largest absolute Gasteiger partial charge is 0.497 e. The summed E-state index contributed by atoms with van der Waals surface area (Å²) in [5.41, 5.74) is 0. The number of hydrogen-bond donors (Lipinski definition) is 2. The average molecular weight is 258 g/mol. The van der Waals surface area contributed by atoms with Crippen molar-refractivity contribution in [2.75, 3.05) is 26.7 Å². The summed E-state index contributed by atoms with van der Waals surface area (Å²) in [7, 11) is -1.87. The molecule has 0 aliphatic rings. The van der Waals surface area contributed by atoms with Crippen LogP contribution in [-0.4, -0.2) is 35.2 Å². The van der Waals surface area contributed by atoms with Gasteiger partial charge in [-0.2, -0.15) is 0 Å². The summed E-state index contributed by atoms with van der Waals surface area (Å²) in [6, 6.07) is 6.29. The van der Waals surface area contributed by atoms with Crippen LogP contribution in [0.1, 0.15) is 6.92 Å². The third-order valence-corrected chi connectivity index (χ3v) is 3.69. The van der Waals surface area contributed by atoms with Crippen LogP contribution in [0, 0.1) is 0 Å². The highest BCUT2D eigenvalue weighted by atomic mass is 32.2. The van der Waals surface area contributed by atoms with E-state index in [2.05, 4.69) is 10.0 Å². The van der Waals surface area contributed by atoms with Gasteiger partial charge in [0, 0.05) is 13.1 Å². The molecule has 0 aliphatic carbocycles. The average Bonchev–Trinajstić information content (AvgIpc) is 2.35. The fourth-order valence-electron chi connectivity index (χ4n) is 1.29. The van der Waals surface area contributed by atoms with Gasteiger partial charge in [-0.3, -0.25) is 0 Å². The molecule has 96 valence electrons. The van der Waals surface area contributed by atoms with Crippen LogP contribution < -0.4 is 14.8 Å². The van der Waals surface area contributed by atoms with E-state index in [0.29, 0.717) is 18.8 Å². The Morgan fingerprint density at radius 2 is 1.82 bits per heavy atom. The maximum Gasteiger partial charge on any atom is 0.240 e. The molecule has 0 radical (unpaired) electrons. The van der Waals surface area contributed by atoms with Crippen LogP contribution >= 0.6 is 0 Å². The number of benzene rings is 1. The Hall–Kier alpha value is -1.11.